The summed E-state index contributed by atoms with van der Waals surface area (Å²) in [6.45, 7) is 4.89. The summed E-state index contributed by atoms with van der Waals surface area (Å²) >= 11 is 0. The monoisotopic (exact) mass is 378 g/mol. The first-order valence-corrected chi connectivity index (χ1v) is 11.0. The molecule has 0 heterocycles. The van der Waals surface area contributed by atoms with Crippen LogP contribution in [0.1, 0.15) is 104 Å². The van der Waals surface area contributed by atoms with Crippen LogP contribution in [0.4, 0.5) is 0 Å². The number of hydroxylamine groups is 1. The zero-order valence-electron chi connectivity index (χ0n) is 17.2. The molecule has 0 aromatic rings. The maximum atomic E-state index is 12.6. The Hall–Kier alpha value is -1.10. The zero-order chi connectivity index (χ0) is 19.5. The second-order valence-corrected chi connectivity index (χ2v) is 10.6. The van der Waals surface area contributed by atoms with Crippen LogP contribution >= 0.6 is 0 Å². The third-order valence-corrected chi connectivity index (χ3v) is 7.21. The van der Waals surface area contributed by atoms with E-state index in [4.69, 9.17) is 5.21 Å². The minimum atomic E-state index is -0.306. The molecule has 5 nitrogen and oxygen atoms in total. The van der Waals surface area contributed by atoms with Gasteiger partial charge >= 0.3 is 0 Å². The van der Waals surface area contributed by atoms with Gasteiger partial charge in [0.1, 0.15) is 0 Å². The van der Waals surface area contributed by atoms with Crippen LogP contribution in [0.5, 0.6) is 0 Å². The summed E-state index contributed by atoms with van der Waals surface area (Å²) in [5, 5.41) is 11.9. The van der Waals surface area contributed by atoms with Gasteiger partial charge in [0.05, 0.1) is 0 Å². The lowest BCUT2D eigenvalue weighted by atomic mass is 9.43. The van der Waals surface area contributed by atoms with Gasteiger partial charge in [-0.15, -0.1) is 0 Å². The molecule has 4 rings (SSSR count). The standard InChI is InChI=1S/C22H38N2O3/c1-20-11-17-12-21(2,14-20)16-22(13-17,15-20)23-18(25)9-7-5-3-4-6-8-10-19(26)24-27/h17,27H,3-16H2,1-2H3,(H,23,25)(H,24,26). The van der Waals surface area contributed by atoms with Crippen LogP contribution in [0.3, 0.4) is 0 Å². The van der Waals surface area contributed by atoms with Crippen molar-refractivity contribution < 1.29 is 14.8 Å². The third kappa shape index (κ3) is 5.24. The molecule has 4 bridgehead atoms. The molecule has 3 N–H and O–H groups in total. The summed E-state index contributed by atoms with van der Waals surface area (Å²) in [6, 6.07) is 0. The lowest BCUT2D eigenvalue weighted by molar-refractivity contribution is -0.139. The van der Waals surface area contributed by atoms with Crippen molar-refractivity contribution in [1.82, 2.24) is 10.8 Å². The van der Waals surface area contributed by atoms with Crippen molar-refractivity contribution in [3.8, 4) is 0 Å². The predicted molar refractivity (Wildman–Crippen MR) is 105 cm³/mol. The van der Waals surface area contributed by atoms with E-state index in [1.807, 2.05) is 0 Å². The highest BCUT2D eigenvalue weighted by Gasteiger charge is 2.60. The number of carbonyl (C=O) groups is 2. The van der Waals surface area contributed by atoms with Crippen molar-refractivity contribution in [2.45, 2.75) is 109 Å². The molecule has 4 aliphatic rings. The number of carbonyl (C=O) groups excluding carboxylic acids is 2. The molecule has 0 aromatic carbocycles. The summed E-state index contributed by atoms with van der Waals surface area (Å²) < 4.78 is 0. The molecule has 154 valence electrons. The number of hydrogen-bond donors (Lipinski definition) is 3. The number of hydrogen-bond acceptors (Lipinski definition) is 3. The van der Waals surface area contributed by atoms with Crippen LogP contribution in [0.25, 0.3) is 0 Å². The summed E-state index contributed by atoms with van der Waals surface area (Å²) in [4.78, 5) is 23.5. The van der Waals surface area contributed by atoms with Crippen LogP contribution in [0.2, 0.25) is 0 Å². The van der Waals surface area contributed by atoms with Gasteiger partial charge in [-0.1, -0.05) is 39.5 Å². The molecule has 4 fully saturated rings. The van der Waals surface area contributed by atoms with Gasteiger partial charge in [0.15, 0.2) is 0 Å². The molecule has 0 aromatic heterocycles. The summed E-state index contributed by atoms with van der Waals surface area (Å²) in [5.41, 5.74) is 2.62. The van der Waals surface area contributed by atoms with Gasteiger partial charge in [-0.2, -0.15) is 0 Å². The summed E-state index contributed by atoms with van der Waals surface area (Å²) in [7, 11) is 0. The SMILES string of the molecule is CC12CC3CC(C)(C1)CC(NC(=O)CCCCCCCCC(=O)NO)(C3)C2. The topological polar surface area (TPSA) is 78.4 Å². The lowest BCUT2D eigenvalue weighted by Crippen LogP contribution is -2.65. The normalized spacial score (nSPS) is 36.6. The summed E-state index contributed by atoms with van der Waals surface area (Å²) in [5.74, 6) is 0.757. The van der Waals surface area contributed by atoms with Gasteiger partial charge in [0.2, 0.25) is 11.8 Å². The van der Waals surface area contributed by atoms with E-state index in [1.54, 1.807) is 5.48 Å². The fraction of sp³-hybridized carbons (Fsp3) is 0.909. The molecule has 2 atom stereocenters. The van der Waals surface area contributed by atoms with Gasteiger partial charge in [-0.05, 0) is 68.1 Å². The largest absolute Gasteiger partial charge is 0.351 e. The van der Waals surface area contributed by atoms with Crippen molar-refractivity contribution in [2.75, 3.05) is 0 Å². The second-order valence-electron chi connectivity index (χ2n) is 10.6. The number of unbranched alkanes of at least 4 members (excludes halogenated alkanes) is 5. The fourth-order valence-corrected chi connectivity index (χ4v) is 7.28. The zero-order valence-corrected chi connectivity index (χ0v) is 17.2. The molecule has 0 radical (unpaired) electrons. The minimum Gasteiger partial charge on any atom is -0.351 e. The van der Waals surface area contributed by atoms with Crippen molar-refractivity contribution in [1.29, 1.82) is 0 Å². The van der Waals surface area contributed by atoms with Gasteiger partial charge in [0.25, 0.3) is 0 Å². The Labute approximate surface area is 164 Å². The van der Waals surface area contributed by atoms with Crippen LogP contribution < -0.4 is 10.8 Å². The Morgan fingerprint density at radius 3 is 1.85 bits per heavy atom. The molecule has 4 aliphatic carbocycles. The van der Waals surface area contributed by atoms with E-state index < -0.39 is 0 Å². The average Bonchev–Trinajstić information content (AvgIpc) is 2.53. The number of rotatable bonds is 10. The number of nitrogens with one attached hydrogen (secondary N) is 2. The lowest BCUT2D eigenvalue weighted by Gasteiger charge is -2.65. The highest BCUT2D eigenvalue weighted by molar-refractivity contribution is 5.77. The first kappa shape index (κ1) is 20.6. The maximum absolute atomic E-state index is 12.6. The second kappa shape index (κ2) is 8.10. The maximum Gasteiger partial charge on any atom is 0.243 e. The van der Waals surface area contributed by atoms with Crippen LogP contribution in [0.15, 0.2) is 0 Å². The molecular formula is C22H38N2O3. The van der Waals surface area contributed by atoms with Crippen molar-refractivity contribution >= 4 is 11.8 Å². The molecule has 27 heavy (non-hydrogen) atoms. The van der Waals surface area contributed by atoms with E-state index in [1.165, 1.54) is 38.5 Å². The van der Waals surface area contributed by atoms with E-state index in [9.17, 15) is 9.59 Å². The highest BCUT2D eigenvalue weighted by Crippen LogP contribution is 2.66. The van der Waals surface area contributed by atoms with E-state index in [0.717, 1.165) is 44.4 Å². The molecule has 5 heteroatoms. The summed E-state index contributed by atoms with van der Waals surface area (Å²) in [6.07, 6.45) is 14.7. The van der Waals surface area contributed by atoms with Crippen LogP contribution in [0, 0.1) is 16.7 Å². The Morgan fingerprint density at radius 2 is 1.33 bits per heavy atom. The van der Waals surface area contributed by atoms with Gasteiger partial charge in [-0.3, -0.25) is 14.8 Å². The molecule has 2 unspecified atom stereocenters. The first-order chi connectivity index (χ1) is 12.8. The van der Waals surface area contributed by atoms with E-state index in [-0.39, 0.29) is 17.4 Å². The van der Waals surface area contributed by atoms with Gasteiger partial charge in [0, 0.05) is 18.4 Å². The molecule has 0 spiro atoms. The Bertz CT molecular complexity index is 544. The van der Waals surface area contributed by atoms with Crippen molar-refractivity contribution in [2.24, 2.45) is 16.7 Å². The van der Waals surface area contributed by atoms with Crippen molar-refractivity contribution in [3.05, 3.63) is 0 Å². The smallest absolute Gasteiger partial charge is 0.243 e. The first-order valence-electron chi connectivity index (χ1n) is 11.0. The Morgan fingerprint density at radius 1 is 0.815 bits per heavy atom. The van der Waals surface area contributed by atoms with Gasteiger partial charge in [-0.25, -0.2) is 5.48 Å². The molecule has 0 aliphatic heterocycles. The van der Waals surface area contributed by atoms with Crippen LogP contribution in [-0.4, -0.2) is 22.6 Å². The predicted octanol–water partition coefficient (Wildman–Crippen LogP) is 4.48. The Balaban J connectivity index is 1.33. The van der Waals surface area contributed by atoms with E-state index in [0.29, 0.717) is 23.7 Å². The molecule has 4 saturated carbocycles. The highest BCUT2D eigenvalue weighted by atomic mass is 16.5. The van der Waals surface area contributed by atoms with E-state index >= 15 is 0 Å². The molecule has 0 saturated heterocycles. The van der Waals surface area contributed by atoms with Crippen LogP contribution in [-0.2, 0) is 9.59 Å². The minimum absolute atomic E-state index is 0.0767. The molecule has 2 amide bonds. The average molecular weight is 379 g/mol. The third-order valence-electron chi connectivity index (χ3n) is 7.21. The van der Waals surface area contributed by atoms with E-state index in [2.05, 4.69) is 19.2 Å². The quantitative estimate of drug-likeness (QED) is 0.298. The van der Waals surface area contributed by atoms with Crippen molar-refractivity contribution in [3.63, 3.8) is 0 Å². The fourth-order valence-electron chi connectivity index (χ4n) is 7.28. The van der Waals surface area contributed by atoms with Gasteiger partial charge < -0.3 is 5.32 Å². The number of amides is 2. The molecular weight excluding hydrogens is 340 g/mol. The Kier molecular flexibility index (Phi) is 6.19.